The average Bonchev–Trinajstić information content (AvgIpc) is 1.97. The van der Waals surface area contributed by atoms with Crippen LogP contribution < -0.4 is 0 Å². The monoisotopic (exact) mass is 254 g/mol. The van der Waals surface area contributed by atoms with Crippen molar-refractivity contribution in [3.05, 3.63) is 0 Å². The molecule has 16 heavy (non-hydrogen) atoms. The van der Waals surface area contributed by atoms with E-state index in [2.05, 4.69) is 0 Å². The van der Waals surface area contributed by atoms with Crippen molar-refractivity contribution in [2.24, 2.45) is 0 Å². The Hall–Kier alpha value is 0.110. The first-order valence-corrected chi connectivity index (χ1v) is 7.28. The first-order chi connectivity index (χ1) is 6.73. The van der Waals surface area contributed by atoms with Gasteiger partial charge in [0.1, 0.15) is 0 Å². The Bertz CT molecular complexity index is 216. The second-order valence-corrected chi connectivity index (χ2v) is 6.23. The molecule has 0 aromatic carbocycles. The molecule has 0 aliphatic rings. The lowest BCUT2D eigenvalue weighted by molar-refractivity contribution is -0.0103. The zero-order valence-corrected chi connectivity index (χ0v) is 11.4. The molecule has 0 rings (SSSR count). The Kier molecular flexibility index (Phi) is 9.51. The highest BCUT2D eigenvalue weighted by molar-refractivity contribution is 7.53. The molecule has 4 nitrogen and oxygen atoms in total. The van der Waals surface area contributed by atoms with Crippen molar-refractivity contribution in [1.82, 2.24) is 0 Å². The first-order valence-electron chi connectivity index (χ1n) is 5.29. The predicted octanol–water partition coefficient (Wildman–Crippen LogP) is 3.70. The largest absolute Gasteiger partial charge is 0.373 e. The lowest BCUT2D eigenvalue weighted by Gasteiger charge is -2.20. The molecular weight excluding hydrogens is 227 g/mol. The van der Waals surface area contributed by atoms with Crippen molar-refractivity contribution in [3.63, 3.8) is 0 Å². The van der Waals surface area contributed by atoms with Gasteiger partial charge in [-0.3, -0.25) is 4.57 Å². The zero-order valence-electron chi connectivity index (χ0n) is 10.5. The molecule has 0 radical (unpaired) electrons. The van der Waals surface area contributed by atoms with E-state index in [9.17, 15) is 4.57 Å². The van der Waals surface area contributed by atoms with E-state index in [4.69, 9.17) is 13.8 Å². The lowest BCUT2D eigenvalue weighted by atomic mass is 10.4. The van der Waals surface area contributed by atoms with E-state index in [1.807, 2.05) is 34.6 Å². The summed E-state index contributed by atoms with van der Waals surface area (Å²) in [5.74, 6) is 0. The Morgan fingerprint density at radius 3 is 1.94 bits per heavy atom. The summed E-state index contributed by atoms with van der Waals surface area (Å²) >= 11 is 0. The van der Waals surface area contributed by atoms with E-state index in [1.54, 1.807) is 0 Å². The molecule has 2 atom stereocenters. The molecule has 0 bridgehead atoms. The molecule has 0 aliphatic carbocycles. The maximum absolute atomic E-state index is 11.7. The van der Waals surface area contributed by atoms with E-state index < -0.39 is 7.60 Å². The van der Waals surface area contributed by atoms with Crippen LogP contribution in [0.2, 0.25) is 0 Å². The molecular formula is C11H27O4P. The molecule has 2 unspecified atom stereocenters. The Labute approximate surface area is 100 Å². The van der Waals surface area contributed by atoms with Gasteiger partial charge in [0, 0.05) is 6.66 Å². The van der Waals surface area contributed by atoms with Crippen molar-refractivity contribution in [1.29, 1.82) is 0 Å². The molecule has 0 aliphatic heterocycles. The second kappa shape index (κ2) is 8.24. The predicted molar refractivity (Wildman–Crippen MR) is 68.1 cm³/mol. The molecule has 0 N–H and O–H groups in total. The van der Waals surface area contributed by atoms with Crippen LogP contribution in [0.1, 0.15) is 42.0 Å². The summed E-state index contributed by atoms with van der Waals surface area (Å²) in [6.07, 6.45) is -0.0259. The van der Waals surface area contributed by atoms with Gasteiger partial charge in [-0.1, -0.05) is 7.43 Å². The molecule has 0 saturated carbocycles. The number of ether oxygens (including phenoxy) is 1. The summed E-state index contributed by atoms with van der Waals surface area (Å²) in [7, 11) is -2.93. The van der Waals surface area contributed by atoms with Crippen molar-refractivity contribution >= 4 is 7.60 Å². The Morgan fingerprint density at radius 2 is 1.56 bits per heavy atom. The standard InChI is InChI=1S/C10H23O4P.CH4/c1-8(2)13-10(5)7-12-15(6,11)14-9(3)4;/h8-10H,7H2,1-6H3;1H4. The zero-order chi connectivity index (χ0) is 12.1. The van der Waals surface area contributed by atoms with Crippen molar-refractivity contribution in [2.75, 3.05) is 13.3 Å². The van der Waals surface area contributed by atoms with Gasteiger partial charge in [0.25, 0.3) is 0 Å². The van der Waals surface area contributed by atoms with Crippen LogP contribution in [0.5, 0.6) is 0 Å². The van der Waals surface area contributed by atoms with Crippen LogP contribution in [-0.4, -0.2) is 31.6 Å². The van der Waals surface area contributed by atoms with Gasteiger partial charge in [0.15, 0.2) is 0 Å². The van der Waals surface area contributed by atoms with Gasteiger partial charge in [-0.25, -0.2) is 0 Å². The summed E-state index contributed by atoms with van der Waals surface area (Å²) < 4.78 is 27.5. The van der Waals surface area contributed by atoms with Crippen LogP contribution in [-0.2, 0) is 18.3 Å². The van der Waals surface area contributed by atoms with Crippen LogP contribution in [0.4, 0.5) is 0 Å². The van der Waals surface area contributed by atoms with Crippen LogP contribution in [0, 0.1) is 0 Å². The van der Waals surface area contributed by atoms with E-state index in [1.165, 1.54) is 6.66 Å². The van der Waals surface area contributed by atoms with Crippen LogP contribution in [0.15, 0.2) is 0 Å². The molecule has 5 heteroatoms. The molecule has 0 amide bonds. The third kappa shape index (κ3) is 10.6. The van der Waals surface area contributed by atoms with Gasteiger partial charge >= 0.3 is 7.60 Å². The van der Waals surface area contributed by atoms with E-state index in [0.717, 1.165) is 0 Å². The third-order valence-electron chi connectivity index (χ3n) is 1.45. The molecule has 0 aromatic rings. The average molecular weight is 254 g/mol. The highest BCUT2D eigenvalue weighted by Gasteiger charge is 2.20. The van der Waals surface area contributed by atoms with Crippen molar-refractivity contribution in [3.8, 4) is 0 Å². The number of rotatable bonds is 7. The fourth-order valence-corrected chi connectivity index (χ4v) is 2.47. The van der Waals surface area contributed by atoms with Crippen molar-refractivity contribution < 1.29 is 18.3 Å². The quantitative estimate of drug-likeness (QED) is 0.650. The molecule has 100 valence electrons. The SMILES string of the molecule is C.CC(C)OC(C)COP(C)(=O)OC(C)C. The molecule has 0 spiro atoms. The highest BCUT2D eigenvalue weighted by Crippen LogP contribution is 2.45. The van der Waals surface area contributed by atoms with Crippen LogP contribution in [0.3, 0.4) is 0 Å². The summed E-state index contributed by atoms with van der Waals surface area (Å²) in [5.41, 5.74) is 0. The summed E-state index contributed by atoms with van der Waals surface area (Å²) in [6.45, 7) is 11.2. The maximum atomic E-state index is 11.7. The topological polar surface area (TPSA) is 44.8 Å². The summed E-state index contributed by atoms with van der Waals surface area (Å²) in [5, 5.41) is 0. The van der Waals surface area contributed by atoms with Crippen LogP contribution in [0.25, 0.3) is 0 Å². The maximum Gasteiger partial charge on any atom is 0.327 e. The Morgan fingerprint density at radius 1 is 1.06 bits per heavy atom. The van der Waals surface area contributed by atoms with E-state index in [-0.39, 0.29) is 25.7 Å². The first kappa shape index (κ1) is 18.5. The van der Waals surface area contributed by atoms with Gasteiger partial charge < -0.3 is 13.8 Å². The van der Waals surface area contributed by atoms with Gasteiger partial charge in [0.2, 0.25) is 0 Å². The molecule has 0 heterocycles. The van der Waals surface area contributed by atoms with Gasteiger partial charge in [-0.05, 0) is 34.6 Å². The minimum atomic E-state index is -2.93. The molecule has 0 fully saturated rings. The smallest absolute Gasteiger partial charge is 0.327 e. The summed E-state index contributed by atoms with van der Waals surface area (Å²) in [6, 6.07) is 0. The minimum Gasteiger partial charge on any atom is -0.373 e. The fourth-order valence-electron chi connectivity index (χ4n) is 1.16. The number of hydrogen-bond acceptors (Lipinski definition) is 4. The Balaban J connectivity index is 0. The van der Waals surface area contributed by atoms with Gasteiger partial charge in [0.05, 0.1) is 24.9 Å². The highest BCUT2D eigenvalue weighted by atomic mass is 31.2. The third-order valence-corrected chi connectivity index (χ3v) is 2.87. The number of hydrogen-bond donors (Lipinski definition) is 0. The van der Waals surface area contributed by atoms with Gasteiger partial charge in [-0.2, -0.15) is 0 Å². The summed E-state index contributed by atoms with van der Waals surface area (Å²) in [4.78, 5) is 0. The van der Waals surface area contributed by atoms with E-state index in [0.29, 0.717) is 6.61 Å². The fraction of sp³-hybridized carbons (Fsp3) is 1.00. The van der Waals surface area contributed by atoms with Crippen molar-refractivity contribution in [2.45, 2.75) is 60.4 Å². The van der Waals surface area contributed by atoms with E-state index >= 15 is 0 Å². The lowest BCUT2D eigenvalue weighted by Crippen LogP contribution is -2.20. The molecule has 0 saturated heterocycles. The van der Waals surface area contributed by atoms with Crippen LogP contribution >= 0.6 is 7.60 Å². The molecule has 0 aromatic heterocycles. The second-order valence-electron chi connectivity index (χ2n) is 4.22. The normalized spacial score (nSPS) is 17.0. The van der Waals surface area contributed by atoms with Gasteiger partial charge in [-0.15, -0.1) is 0 Å². The minimum absolute atomic E-state index is 0.